The highest BCUT2D eigenvalue weighted by Gasteiger charge is 2.40. The van der Waals surface area contributed by atoms with E-state index in [9.17, 15) is 0 Å². The molecule has 0 unspecified atom stereocenters. The Morgan fingerprint density at radius 2 is 1.17 bits per heavy atom. The molecule has 0 aliphatic heterocycles. The predicted molar refractivity (Wildman–Crippen MR) is 214 cm³/mol. The number of hydrogen-bond donors (Lipinski definition) is 0. The summed E-state index contributed by atoms with van der Waals surface area (Å²) in [5.74, 6) is 0.735. The molecule has 5 aromatic carbocycles. The van der Waals surface area contributed by atoms with Crippen LogP contribution in [0.1, 0.15) is 37.8 Å². The van der Waals surface area contributed by atoms with E-state index in [1.54, 1.807) is 0 Å². The van der Waals surface area contributed by atoms with Crippen LogP contribution in [0, 0.1) is 0 Å². The zero-order valence-electron chi connectivity index (χ0n) is 29.1. The number of para-hydroxylation sites is 1. The third-order valence-corrected chi connectivity index (χ3v) is 11.4. The molecule has 0 atom stereocenters. The highest BCUT2D eigenvalue weighted by atomic mass is 14.9. The Hall–Kier alpha value is -6.39. The number of pyridine rings is 1. The molecule has 0 bridgehead atoms. The van der Waals surface area contributed by atoms with Gasteiger partial charge in [0.2, 0.25) is 0 Å². The normalized spacial score (nSPS) is 14.3. The van der Waals surface area contributed by atoms with Crippen LogP contribution in [0.25, 0.3) is 95.5 Å². The van der Waals surface area contributed by atoms with Crippen molar-refractivity contribution in [2.45, 2.75) is 32.1 Å². The summed E-state index contributed by atoms with van der Waals surface area (Å²) in [4.78, 5) is 14.8. The van der Waals surface area contributed by atoms with E-state index < -0.39 is 0 Å². The molecule has 0 N–H and O–H groups in total. The third kappa shape index (κ3) is 4.06. The maximum absolute atomic E-state index is 5.27. The molecule has 0 fully saturated rings. The van der Waals surface area contributed by atoms with Crippen LogP contribution in [-0.4, -0.2) is 19.4 Å². The molecule has 11 rings (SSSR count). The van der Waals surface area contributed by atoms with Crippen molar-refractivity contribution < 1.29 is 0 Å². The topological polar surface area (TPSA) is 43.1 Å². The van der Waals surface area contributed by atoms with Crippen molar-refractivity contribution in [3.63, 3.8) is 0 Å². The lowest BCUT2D eigenvalue weighted by Gasteiger charge is -2.26. The van der Waals surface area contributed by atoms with Crippen molar-refractivity contribution in [1.82, 2.24) is 19.4 Å². The second kappa shape index (κ2) is 10.8. The molecule has 0 spiro atoms. The van der Waals surface area contributed by atoms with Gasteiger partial charge in [0.15, 0.2) is 5.82 Å². The van der Waals surface area contributed by atoms with E-state index >= 15 is 0 Å². The van der Waals surface area contributed by atoms with E-state index in [2.05, 4.69) is 139 Å². The summed E-state index contributed by atoms with van der Waals surface area (Å²) in [5.41, 5.74) is 14.9. The maximum Gasteiger partial charge on any atom is 0.160 e. The van der Waals surface area contributed by atoms with Crippen molar-refractivity contribution in [2.75, 3.05) is 0 Å². The minimum Gasteiger partial charge on any atom is -0.308 e. The average molecular weight is 667 g/mol. The van der Waals surface area contributed by atoms with Crippen LogP contribution < -0.4 is 10.6 Å². The summed E-state index contributed by atoms with van der Waals surface area (Å²) in [6, 6.07) is 43.8. The summed E-state index contributed by atoms with van der Waals surface area (Å²) in [6.07, 6.45) is 10.7. The fourth-order valence-electron chi connectivity index (χ4n) is 9.28. The minimum atomic E-state index is -0.320. The first-order valence-electron chi connectivity index (χ1n) is 18.2. The van der Waals surface area contributed by atoms with Crippen LogP contribution in [0.4, 0.5) is 0 Å². The summed E-state index contributed by atoms with van der Waals surface area (Å²) >= 11 is 0. The van der Waals surface area contributed by atoms with Gasteiger partial charge in [-0.15, -0.1) is 0 Å². The van der Waals surface area contributed by atoms with Gasteiger partial charge in [0.05, 0.1) is 22.4 Å². The number of rotatable bonds is 4. The molecule has 0 saturated carbocycles. The molecule has 246 valence electrons. The van der Waals surface area contributed by atoms with Crippen LogP contribution in [0.15, 0.2) is 134 Å². The lowest BCUT2D eigenvalue weighted by atomic mass is 9.77. The number of nitrogens with zero attached hydrogens (tertiary/aromatic N) is 4. The number of benzene rings is 5. The molecule has 2 aliphatic carbocycles. The standard InChI is InChI=1S/C48H34N4/c1-48(2)44-32(31-26-38-33-14-6-8-20-42(33)52-43-21-9-7-15-34(43)39(27-31)46(38)52)16-10-17-35(44)36-18-11-19-37(45(36)48)47-50-40(29-12-4-3-5-13-29)28-41(51-47)30-22-24-49-25-23-30/h3-6,8,10-28H,7,9H2,1-2H3. The van der Waals surface area contributed by atoms with E-state index in [4.69, 9.17) is 9.97 Å². The third-order valence-electron chi connectivity index (χ3n) is 11.4. The van der Waals surface area contributed by atoms with Crippen LogP contribution in [0.3, 0.4) is 0 Å². The van der Waals surface area contributed by atoms with Gasteiger partial charge in [-0.1, -0.05) is 111 Å². The molecule has 4 heterocycles. The highest BCUT2D eigenvalue weighted by Crippen LogP contribution is 2.55. The number of fused-ring (bicyclic) bond motifs is 9. The number of hydrogen-bond acceptors (Lipinski definition) is 3. The lowest BCUT2D eigenvalue weighted by molar-refractivity contribution is 0.663. The minimum absolute atomic E-state index is 0.320. The molecule has 4 aromatic heterocycles. The molecule has 0 radical (unpaired) electrons. The Bertz CT molecular complexity index is 2970. The average Bonchev–Trinajstić information content (AvgIpc) is 3.81. The van der Waals surface area contributed by atoms with Gasteiger partial charge in [-0.2, -0.15) is 0 Å². The van der Waals surface area contributed by atoms with Crippen molar-refractivity contribution >= 4 is 39.3 Å². The molecule has 4 nitrogen and oxygen atoms in total. The van der Waals surface area contributed by atoms with E-state index in [0.717, 1.165) is 46.7 Å². The van der Waals surface area contributed by atoms with E-state index in [0.29, 0.717) is 0 Å². The SMILES string of the molecule is CC1(C)c2c(-c3cc4c5c(n6c7ccccc7c(c3)c46)=CCCC=5)cccc2-c2cccc(-c3nc(-c4ccccc4)cc(-c4ccncc4)n3)c21. The van der Waals surface area contributed by atoms with Gasteiger partial charge in [0, 0.05) is 61.2 Å². The Labute approximate surface area is 301 Å². The molecule has 9 aromatic rings. The van der Waals surface area contributed by atoms with Gasteiger partial charge in [-0.3, -0.25) is 4.98 Å². The maximum atomic E-state index is 5.27. The zero-order valence-corrected chi connectivity index (χ0v) is 29.1. The monoisotopic (exact) mass is 666 g/mol. The van der Waals surface area contributed by atoms with Crippen molar-refractivity contribution in [1.29, 1.82) is 0 Å². The summed E-state index contributed by atoms with van der Waals surface area (Å²) in [6.45, 7) is 4.76. The van der Waals surface area contributed by atoms with Crippen LogP contribution >= 0.6 is 0 Å². The predicted octanol–water partition coefficient (Wildman–Crippen LogP) is 10.2. The van der Waals surface area contributed by atoms with Gasteiger partial charge in [-0.05, 0) is 82.6 Å². The van der Waals surface area contributed by atoms with Crippen molar-refractivity contribution in [2.24, 2.45) is 0 Å². The molecular formula is C48H34N4. The Kier molecular flexibility index (Phi) is 6.10. The Balaban J connectivity index is 1.14. The van der Waals surface area contributed by atoms with Gasteiger partial charge in [-0.25, -0.2) is 9.97 Å². The zero-order chi connectivity index (χ0) is 34.6. The Morgan fingerprint density at radius 1 is 0.538 bits per heavy atom. The van der Waals surface area contributed by atoms with Gasteiger partial charge >= 0.3 is 0 Å². The van der Waals surface area contributed by atoms with Gasteiger partial charge in [0.25, 0.3) is 0 Å². The molecule has 4 heteroatoms. The van der Waals surface area contributed by atoms with Gasteiger partial charge < -0.3 is 4.40 Å². The molecule has 0 saturated heterocycles. The van der Waals surface area contributed by atoms with Crippen molar-refractivity contribution in [3.05, 3.63) is 155 Å². The first-order chi connectivity index (χ1) is 25.6. The van der Waals surface area contributed by atoms with E-state index in [1.807, 2.05) is 30.6 Å². The van der Waals surface area contributed by atoms with Crippen LogP contribution in [-0.2, 0) is 5.41 Å². The first-order valence-corrected chi connectivity index (χ1v) is 18.2. The van der Waals surface area contributed by atoms with E-state index in [1.165, 1.54) is 71.1 Å². The van der Waals surface area contributed by atoms with Crippen LogP contribution in [0.2, 0.25) is 0 Å². The fourth-order valence-corrected chi connectivity index (χ4v) is 9.28. The van der Waals surface area contributed by atoms with Crippen LogP contribution in [0.5, 0.6) is 0 Å². The quantitative estimate of drug-likeness (QED) is 0.188. The molecular weight excluding hydrogens is 633 g/mol. The summed E-state index contributed by atoms with van der Waals surface area (Å²) < 4.78 is 2.50. The molecule has 52 heavy (non-hydrogen) atoms. The van der Waals surface area contributed by atoms with Gasteiger partial charge in [0.1, 0.15) is 0 Å². The largest absolute Gasteiger partial charge is 0.308 e. The lowest BCUT2D eigenvalue weighted by Crippen LogP contribution is -2.27. The summed E-state index contributed by atoms with van der Waals surface area (Å²) in [5, 5.41) is 6.68. The first kappa shape index (κ1) is 29.4. The second-order valence-corrected chi connectivity index (χ2v) is 14.7. The second-order valence-electron chi connectivity index (χ2n) is 14.7. The highest BCUT2D eigenvalue weighted by molar-refractivity contribution is 6.16. The Morgan fingerprint density at radius 3 is 1.96 bits per heavy atom. The summed E-state index contributed by atoms with van der Waals surface area (Å²) in [7, 11) is 0. The molecule has 2 aliphatic rings. The fraction of sp³-hybridized carbons (Fsp3) is 0.104. The van der Waals surface area contributed by atoms with E-state index in [-0.39, 0.29) is 5.41 Å². The molecule has 0 amide bonds. The number of aromatic nitrogens is 4. The smallest absolute Gasteiger partial charge is 0.160 e. The van der Waals surface area contributed by atoms with Crippen molar-refractivity contribution in [3.8, 4) is 56.2 Å².